The molecule has 0 aliphatic heterocycles. The molecule has 88 valence electrons. The standard InChI is InChI=1S/C11H12ClN5/c1-7-5-3-4-6-8(7)17(2)11-15-9(12)14-10(13)16-11/h3-6H,1-2H3,(H2,13,14,15,16). The zero-order valence-corrected chi connectivity index (χ0v) is 10.3. The van der Waals surface area contributed by atoms with Gasteiger partial charge in [-0.1, -0.05) is 18.2 Å². The molecule has 1 aromatic heterocycles. The molecule has 0 radical (unpaired) electrons. The molecule has 2 aromatic rings. The fraction of sp³-hybridized carbons (Fsp3) is 0.182. The van der Waals surface area contributed by atoms with Crippen molar-refractivity contribution in [2.45, 2.75) is 6.92 Å². The summed E-state index contributed by atoms with van der Waals surface area (Å²) in [6, 6.07) is 7.91. The zero-order chi connectivity index (χ0) is 12.4. The third-order valence-electron chi connectivity index (χ3n) is 2.39. The van der Waals surface area contributed by atoms with Crippen LogP contribution >= 0.6 is 11.6 Å². The van der Waals surface area contributed by atoms with E-state index in [1.165, 1.54) is 0 Å². The molecular weight excluding hydrogens is 238 g/mol. The van der Waals surface area contributed by atoms with E-state index in [4.69, 9.17) is 17.3 Å². The highest BCUT2D eigenvalue weighted by atomic mass is 35.5. The van der Waals surface area contributed by atoms with Crippen molar-refractivity contribution >= 4 is 29.2 Å². The Bertz CT molecular complexity index is 523. The minimum atomic E-state index is 0.0907. The van der Waals surface area contributed by atoms with E-state index in [-0.39, 0.29) is 11.2 Å². The number of nitrogens with two attached hydrogens (primary N) is 1. The SMILES string of the molecule is Cc1ccccc1N(C)c1nc(N)nc(Cl)n1. The number of anilines is 3. The van der Waals surface area contributed by atoms with Gasteiger partial charge < -0.3 is 10.6 Å². The van der Waals surface area contributed by atoms with Gasteiger partial charge in [-0.2, -0.15) is 15.0 Å². The van der Waals surface area contributed by atoms with Crippen LogP contribution in [0.25, 0.3) is 0 Å². The Labute approximate surface area is 104 Å². The molecule has 0 spiro atoms. The second-order valence-electron chi connectivity index (χ2n) is 3.61. The number of benzene rings is 1. The lowest BCUT2D eigenvalue weighted by Gasteiger charge is -2.19. The predicted octanol–water partition coefficient (Wildman–Crippen LogP) is 2.18. The predicted molar refractivity (Wildman–Crippen MR) is 68.5 cm³/mol. The van der Waals surface area contributed by atoms with Gasteiger partial charge in [-0.3, -0.25) is 0 Å². The van der Waals surface area contributed by atoms with Crippen molar-refractivity contribution in [1.29, 1.82) is 0 Å². The number of hydrogen-bond acceptors (Lipinski definition) is 5. The summed E-state index contributed by atoms with van der Waals surface area (Å²) in [4.78, 5) is 13.6. The first-order valence-corrected chi connectivity index (χ1v) is 5.42. The molecule has 6 heteroatoms. The van der Waals surface area contributed by atoms with Crippen LogP contribution in [0.4, 0.5) is 17.6 Å². The van der Waals surface area contributed by atoms with Crippen molar-refractivity contribution in [3.8, 4) is 0 Å². The van der Waals surface area contributed by atoms with Gasteiger partial charge in [0.25, 0.3) is 0 Å². The van der Waals surface area contributed by atoms with E-state index in [1.807, 2.05) is 43.1 Å². The Morgan fingerprint density at radius 3 is 2.53 bits per heavy atom. The normalized spacial score (nSPS) is 10.3. The van der Waals surface area contributed by atoms with E-state index in [0.29, 0.717) is 5.95 Å². The summed E-state index contributed by atoms with van der Waals surface area (Å²) in [5.74, 6) is 0.539. The summed E-state index contributed by atoms with van der Waals surface area (Å²) in [6.07, 6.45) is 0. The monoisotopic (exact) mass is 249 g/mol. The van der Waals surface area contributed by atoms with Crippen LogP contribution in [0.1, 0.15) is 5.56 Å². The maximum atomic E-state index is 5.75. The minimum Gasteiger partial charge on any atom is -0.368 e. The molecule has 17 heavy (non-hydrogen) atoms. The smallest absolute Gasteiger partial charge is 0.235 e. The van der Waals surface area contributed by atoms with Gasteiger partial charge in [-0.15, -0.1) is 0 Å². The largest absolute Gasteiger partial charge is 0.368 e. The molecule has 0 saturated heterocycles. The van der Waals surface area contributed by atoms with Crippen molar-refractivity contribution < 1.29 is 0 Å². The van der Waals surface area contributed by atoms with Crippen molar-refractivity contribution in [3.05, 3.63) is 35.1 Å². The second-order valence-corrected chi connectivity index (χ2v) is 3.95. The van der Waals surface area contributed by atoms with Crippen LogP contribution < -0.4 is 10.6 Å². The Hall–Kier alpha value is -1.88. The van der Waals surface area contributed by atoms with Crippen LogP contribution in [-0.4, -0.2) is 22.0 Å². The highest BCUT2D eigenvalue weighted by Gasteiger charge is 2.11. The number of rotatable bonds is 2. The molecule has 0 bridgehead atoms. The Morgan fingerprint density at radius 2 is 1.88 bits per heavy atom. The van der Waals surface area contributed by atoms with Crippen molar-refractivity contribution in [3.63, 3.8) is 0 Å². The van der Waals surface area contributed by atoms with Crippen molar-refractivity contribution in [1.82, 2.24) is 15.0 Å². The number of nitrogens with zero attached hydrogens (tertiary/aromatic N) is 4. The minimum absolute atomic E-state index is 0.0907. The number of hydrogen-bond donors (Lipinski definition) is 1. The summed E-state index contributed by atoms with van der Waals surface area (Å²) in [7, 11) is 1.85. The van der Waals surface area contributed by atoms with E-state index in [1.54, 1.807) is 0 Å². The first-order valence-electron chi connectivity index (χ1n) is 5.04. The Balaban J connectivity index is 2.43. The molecule has 2 rings (SSSR count). The van der Waals surface area contributed by atoms with Gasteiger partial charge in [0, 0.05) is 12.7 Å². The van der Waals surface area contributed by atoms with Crippen LogP contribution in [0, 0.1) is 6.92 Å². The molecule has 0 aliphatic rings. The Kier molecular flexibility index (Phi) is 3.10. The summed E-state index contributed by atoms with van der Waals surface area (Å²) >= 11 is 5.75. The molecule has 0 saturated carbocycles. The fourth-order valence-corrected chi connectivity index (χ4v) is 1.71. The molecule has 0 amide bonds. The summed E-state index contributed by atoms with van der Waals surface area (Å²) < 4.78 is 0. The summed E-state index contributed by atoms with van der Waals surface area (Å²) in [6.45, 7) is 2.01. The molecular formula is C11H12ClN5. The van der Waals surface area contributed by atoms with Gasteiger partial charge in [0.05, 0.1) is 0 Å². The van der Waals surface area contributed by atoms with Crippen molar-refractivity contribution in [2.24, 2.45) is 0 Å². The highest BCUT2D eigenvalue weighted by Crippen LogP contribution is 2.24. The third kappa shape index (κ3) is 2.45. The topological polar surface area (TPSA) is 67.9 Å². The molecule has 0 unspecified atom stereocenters. The van der Waals surface area contributed by atoms with Gasteiger partial charge in [-0.05, 0) is 30.2 Å². The number of para-hydroxylation sites is 1. The van der Waals surface area contributed by atoms with E-state index in [0.717, 1.165) is 11.3 Å². The average Bonchev–Trinajstić information content (AvgIpc) is 2.27. The van der Waals surface area contributed by atoms with Crippen LogP contribution in [0.5, 0.6) is 0 Å². The van der Waals surface area contributed by atoms with Gasteiger partial charge in [0.15, 0.2) is 0 Å². The van der Waals surface area contributed by atoms with Crippen molar-refractivity contribution in [2.75, 3.05) is 17.7 Å². The number of halogens is 1. The maximum Gasteiger partial charge on any atom is 0.235 e. The lowest BCUT2D eigenvalue weighted by Crippen LogP contribution is -2.15. The quantitative estimate of drug-likeness (QED) is 0.884. The van der Waals surface area contributed by atoms with E-state index in [9.17, 15) is 0 Å². The van der Waals surface area contributed by atoms with E-state index < -0.39 is 0 Å². The van der Waals surface area contributed by atoms with Crippen LogP contribution in [0.2, 0.25) is 5.28 Å². The van der Waals surface area contributed by atoms with Gasteiger partial charge in [-0.25, -0.2) is 0 Å². The summed E-state index contributed by atoms with van der Waals surface area (Å²) in [5.41, 5.74) is 7.65. The lowest BCUT2D eigenvalue weighted by atomic mass is 10.2. The highest BCUT2D eigenvalue weighted by molar-refractivity contribution is 6.28. The van der Waals surface area contributed by atoms with E-state index >= 15 is 0 Å². The zero-order valence-electron chi connectivity index (χ0n) is 9.55. The summed E-state index contributed by atoms with van der Waals surface area (Å²) in [5, 5.41) is 0.0907. The van der Waals surface area contributed by atoms with Gasteiger partial charge in [0.1, 0.15) is 0 Å². The van der Waals surface area contributed by atoms with Crippen LogP contribution in [0.15, 0.2) is 24.3 Å². The molecule has 5 nitrogen and oxygen atoms in total. The number of nitrogen functional groups attached to an aromatic ring is 1. The molecule has 1 heterocycles. The fourth-order valence-electron chi connectivity index (χ4n) is 1.55. The second kappa shape index (κ2) is 4.55. The third-order valence-corrected chi connectivity index (χ3v) is 2.56. The number of aryl methyl sites for hydroxylation is 1. The lowest BCUT2D eigenvalue weighted by molar-refractivity contribution is 0.992. The van der Waals surface area contributed by atoms with Crippen LogP contribution in [-0.2, 0) is 0 Å². The first kappa shape index (κ1) is 11.6. The van der Waals surface area contributed by atoms with Gasteiger partial charge in [0.2, 0.25) is 17.2 Å². The Morgan fingerprint density at radius 1 is 1.18 bits per heavy atom. The molecule has 0 aliphatic carbocycles. The van der Waals surface area contributed by atoms with E-state index in [2.05, 4.69) is 15.0 Å². The maximum absolute atomic E-state index is 5.75. The molecule has 2 N–H and O–H groups in total. The average molecular weight is 250 g/mol. The number of aromatic nitrogens is 3. The molecule has 1 aromatic carbocycles. The van der Waals surface area contributed by atoms with Crippen LogP contribution in [0.3, 0.4) is 0 Å². The molecule has 0 atom stereocenters. The first-order chi connectivity index (χ1) is 8.08. The van der Waals surface area contributed by atoms with Gasteiger partial charge >= 0.3 is 0 Å². The molecule has 0 fully saturated rings.